The third-order valence-corrected chi connectivity index (χ3v) is 6.86. The molecule has 2 aromatic carbocycles. The molecule has 1 fully saturated rings. The molecule has 0 amide bonds. The molecule has 0 saturated carbocycles. The zero-order chi connectivity index (χ0) is 27.4. The molecule has 0 spiro atoms. The molecule has 1 N–H and O–H groups in total. The van der Waals surface area contributed by atoms with Crippen LogP contribution in [0, 0.1) is 0 Å². The molecule has 0 radical (unpaired) electrons. The molecule has 0 aliphatic carbocycles. The van der Waals surface area contributed by atoms with E-state index in [1.165, 1.54) is 6.07 Å². The molecule has 39 heavy (non-hydrogen) atoms. The van der Waals surface area contributed by atoms with E-state index in [0.717, 1.165) is 50.3 Å². The lowest BCUT2D eigenvalue weighted by Crippen LogP contribution is -2.29. The van der Waals surface area contributed by atoms with Gasteiger partial charge in [0.2, 0.25) is 5.95 Å². The van der Waals surface area contributed by atoms with Gasteiger partial charge < -0.3 is 15.1 Å². The lowest BCUT2D eigenvalue weighted by atomic mass is 10.0. The average Bonchev–Trinajstić information content (AvgIpc) is 3.17. The minimum atomic E-state index is -4.47. The van der Waals surface area contributed by atoms with Crippen molar-refractivity contribution in [1.82, 2.24) is 25.1 Å². The molecule has 4 aromatic rings. The molecule has 7 nitrogen and oxygen atoms in total. The van der Waals surface area contributed by atoms with Crippen LogP contribution < -0.4 is 10.2 Å². The molecule has 2 aromatic heterocycles. The summed E-state index contributed by atoms with van der Waals surface area (Å²) in [5, 5.41) is 12.2. The first-order chi connectivity index (χ1) is 18.8. The van der Waals surface area contributed by atoms with Crippen molar-refractivity contribution >= 4 is 11.8 Å². The Kier molecular flexibility index (Phi) is 7.74. The summed E-state index contributed by atoms with van der Waals surface area (Å²) >= 11 is 0. The predicted octanol–water partition coefficient (Wildman–Crippen LogP) is 5.93. The van der Waals surface area contributed by atoms with Crippen molar-refractivity contribution in [2.45, 2.75) is 25.6 Å². The van der Waals surface area contributed by atoms with Crippen molar-refractivity contribution in [2.75, 3.05) is 43.4 Å². The van der Waals surface area contributed by atoms with Crippen molar-refractivity contribution < 1.29 is 13.2 Å². The molecule has 1 saturated heterocycles. The minimum Gasteiger partial charge on any atom is -0.354 e. The van der Waals surface area contributed by atoms with E-state index >= 15 is 0 Å². The molecule has 0 unspecified atom stereocenters. The van der Waals surface area contributed by atoms with Crippen molar-refractivity contribution in [2.24, 2.45) is 0 Å². The van der Waals surface area contributed by atoms with Gasteiger partial charge in [0, 0.05) is 37.0 Å². The Morgan fingerprint density at radius 2 is 1.72 bits per heavy atom. The topological polar surface area (TPSA) is 70.1 Å². The Labute approximate surface area is 225 Å². The molecule has 3 heterocycles. The normalized spacial score (nSPS) is 15.6. The number of benzene rings is 2. The molecule has 1 aliphatic rings. The number of anilines is 2. The lowest BCUT2D eigenvalue weighted by Gasteiger charge is -2.22. The Morgan fingerprint density at radius 1 is 0.897 bits per heavy atom. The van der Waals surface area contributed by atoms with Crippen LogP contribution in [0.15, 0.2) is 72.9 Å². The summed E-state index contributed by atoms with van der Waals surface area (Å²) in [6, 6.07) is 18.7. The second-order valence-corrected chi connectivity index (χ2v) is 9.73. The summed E-state index contributed by atoms with van der Waals surface area (Å²) in [6.45, 7) is 5.47. The number of nitrogens with zero attached hydrogens (tertiary/aromatic N) is 6. The Balaban J connectivity index is 1.56. The second kappa shape index (κ2) is 11.4. The number of alkyl halides is 3. The fourth-order valence-electron chi connectivity index (χ4n) is 4.66. The van der Waals surface area contributed by atoms with E-state index in [1.807, 2.05) is 43.3 Å². The highest BCUT2D eigenvalue weighted by atomic mass is 19.4. The third-order valence-electron chi connectivity index (χ3n) is 6.86. The smallest absolute Gasteiger partial charge is 0.354 e. The van der Waals surface area contributed by atoms with Crippen molar-refractivity contribution in [1.29, 1.82) is 0 Å². The average molecular weight is 534 g/mol. The van der Waals surface area contributed by atoms with Gasteiger partial charge >= 0.3 is 6.18 Å². The third kappa shape index (κ3) is 6.34. The van der Waals surface area contributed by atoms with Gasteiger partial charge in [0.25, 0.3) is 0 Å². The van der Waals surface area contributed by atoms with Crippen LogP contribution in [-0.2, 0) is 6.18 Å². The maximum atomic E-state index is 13.5. The van der Waals surface area contributed by atoms with E-state index in [4.69, 9.17) is 4.98 Å². The summed E-state index contributed by atoms with van der Waals surface area (Å²) in [4.78, 5) is 13.6. The van der Waals surface area contributed by atoms with Crippen LogP contribution in [0.5, 0.6) is 0 Å². The molecule has 1 atom stereocenters. The summed E-state index contributed by atoms with van der Waals surface area (Å²) in [6.07, 6.45) is -1.86. The van der Waals surface area contributed by atoms with Gasteiger partial charge in [-0.2, -0.15) is 13.2 Å². The zero-order valence-electron chi connectivity index (χ0n) is 21.9. The summed E-state index contributed by atoms with van der Waals surface area (Å²) in [7, 11) is 2.09. The minimum absolute atomic E-state index is 0.0513. The van der Waals surface area contributed by atoms with Crippen LogP contribution in [0.1, 0.15) is 30.5 Å². The van der Waals surface area contributed by atoms with Gasteiger partial charge in [-0.25, -0.2) is 9.97 Å². The molecular formula is C29H30F3N7. The number of halogens is 3. The summed E-state index contributed by atoms with van der Waals surface area (Å²) in [5.74, 6) is 1.08. The van der Waals surface area contributed by atoms with Gasteiger partial charge in [0.1, 0.15) is 5.69 Å². The van der Waals surface area contributed by atoms with E-state index in [-0.39, 0.29) is 6.04 Å². The summed E-state index contributed by atoms with van der Waals surface area (Å²) in [5.41, 5.74) is 2.13. The van der Waals surface area contributed by atoms with Crippen molar-refractivity contribution in [3.63, 3.8) is 0 Å². The fraction of sp³-hybridized carbons (Fsp3) is 0.310. The quantitative estimate of drug-likeness (QED) is 0.329. The van der Waals surface area contributed by atoms with Crippen LogP contribution in [0.2, 0.25) is 0 Å². The number of hydrogen-bond acceptors (Lipinski definition) is 7. The number of hydrogen-bond donors (Lipinski definition) is 1. The molecule has 202 valence electrons. The molecule has 5 rings (SSSR count). The van der Waals surface area contributed by atoms with Gasteiger partial charge in [0.15, 0.2) is 5.82 Å². The zero-order valence-corrected chi connectivity index (χ0v) is 21.9. The molecule has 10 heteroatoms. The first kappa shape index (κ1) is 26.6. The van der Waals surface area contributed by atoms with Gasteiger partial charge in [-0.15, -0.1) is 10.2 Å². The highest BCUT2D eigenvalue weighted by Crippen LogP contribution is 2.36. The highest BCUT2D eigenvalue weighted by Gasteiger charge is 2.31. The van der Waals surface area contributed by atoms with Gasteiger partial charge in [-0.1, -0.05) is 42.5 Å². The number of aromatic nitrogens is 4. The van der Waals surface area contributed by atoms with Crippen LogP contribution in [0.4, 0.5) is 24.9 Å². The fourth-order valence-corrected chi connectivity index (χ4v) is 4.66. The van der Waals surface area contributed by atoms with Crippen molar-refractivity contribution in [3.05, 3.63) is 84.1 Å². The van der Waals surface area contributed by atoms with Crippen molar-refractivity contribution in [3.8, 4) is 22.5 Å². The van der Waals surface area contributed by atoms with Gasteiger partial charge in [-0.05, 0) is 56.8 Å². The van der Waals surface area contributed by atoms with Gasteiger partial charge in [0.05, 0.1) is 17.3 Å². The highest BCUT2D eigenvalue weighted by molar-refractivity contribution is 5.81. The largest absolute Gasteiger partial charge is 0.416 e. The number of nitrogens with one attached hydrogen (secondary N) is 1. The summed E-state index contributed by atoms with van der Waals surface area (Å²) < 4.78 is 40.6. The van der Waals surface area contributed by atoms with Crippen LogP contribution in [-0.4, -0.2) is 58.3 Å². The van der Waals surface area contributed by atoms with Crippen LogP contribution in [0.3, 0.4) is 0 Å². The van der Waals surface area contributed by atoms with E-state index in [9.17, 15) is 13.2 Å². The SMILES string of the molecule is C[C@H](Nc1nccc(-c2cc(N3CCCN(C)CC3)nnc2-c2cccc(C(F)(F)F)c2)n1)c1ccccc1. The van der Waals surface area contributed by atoms with E-state index in [2.05, 4.69) is 37.3 Å². The second-order valence-electron chi connectivity index (χ2n) is 9.73. The maximum absolute atomic E-state index is 13.5. The lowest BCUT2D eigenvalue weighted by molar-refractivity contribution is -0.137. The van der Waals surface area contributed by atoms with E-state index in [0.29, 0.717) is 34.3 Å². The molecule has 0 bridgehead atoms. The van der Waals surface area contributed by atoms with E-state index in [1.54, 1.807) is 18.3 Å². The maximum Gasteiger partial charge on any atom is 0.416 e. The molecular weight excluding hydrogens is 503 g/mol. The number of likely N-dealkylation sites (N-methyl/N-ethyl adjacent to an activating group) is 1. The Bertz CT molecular complexity index is 1410. The standard InChI is InChI=1S/C29H30F3N7/c1-20(21-8-4-3-5-9-21)34-28-33-13-12-25(35-28)24-19-26(39-15-7-14-38(2)16-17-39)36-37-27(24)22-10-6-11-23(18-22)29(30,31)32/h3-6,8-13,18-20H,7,14-17H2,1-2H3,(H,33,34,35)/t20-/m0/s1. The van der Waals surface area contributed by atoms with E-state index < -0.39 is 11.7 Å². The Morgan fingerprint density at radius 3 is 2.51 bits per heavy atom. The molecule has 1 aliphatic heterocycles. The monoisotopic (exact) mass is 533 g/mol. The van der Waals surface area contributed by atoms with Crippen LogP contribution >= 0.6 is 0 Å². The van der Waals surface area contributed by atoms with Crippen LogP contribution in [0.25, 0.3) is 22.5 Å². The van der Waals surface area contributed by atoms with Gasteiger partial charge in [-0.3, -0.25) is 0 Å². The Hall–Kier alpha value is -4.05. The number of rotatable bonds is 6. The first-order valence-electron chi connectivity index (χ1n) is 12.9. The first-order valence-corrected chi connectivity index (χ1v) is 12.9. The predicted molar refractivity (Wildman–Crippen MR) is 146 cm³/mol.